The molecule has 90 valence electrons. The molecule has 0 bridgehead atoms. The maximum Gasteiger partial charge on any atom is 0.220 e. The van der Waals surface area contributed by atoms with Crippen LogP contribution >= 0.6 is 0 Å². The lowest BCUT2D eigenvalue weighted by molar-refractivity contribution is -0.121. The molecule has 0 aliphatic carbocycles. The number of nitrogens with one attached hydrogen (secondary N) is 2. The third-order valence-electron chi connectivity index (χ3n) is 1.79. The van der Waals surface area contributed by atoms with E-state index in [9.17, 15) is 13.2 Å². The van der Waals surface area contributed by atoms with E-state index >= 15 is 0 Å². The van der Waals surface area contributed by atoms with Gasteiger partial charge in [0, 0.05) is 13.0 Å². The van der Waals surface area contributed by atoms with E-state index in [0.29, 0.717) is 6.42 Å². The minimum absolute atomic E-state index is 0.0851. The number of aliphatic hydroxyl groups excluding tert-OH is 1. The Morgan fingerprint density at radius 2 is 2.07 bits per heavy atom. The number of hydrogen-bond donors (Lipinski definition) is 3. The van der Waals surface area contributed by atoms with Gasteiger partial charge in [0.05, 0.1) is 11.9 Å². The summed E-state index contributed by atoms with van der Waals surface area (Å²) in [5, 5.41) is 11.4. The van der Waals surface area contributed by atoms with Crippen LogP contribution in [-0.2, 0) is 14.8 Å². The Morgan fingerprint density at radius 1 is 1.47 bits per heavy atom. The minimum Gasteiger partial charge on any atom is -0.393 e. The van der Waals surface area contributed by atoms with E-state index in [1.54, 1.807) is 6.92 Å². The van der Waals surface area contributed by atoms with Gasteiger partial charge in [-0.15, -0.1) is 0 Å². The van der Waals surface area contributed by atoms with Gasteiger partial charge in [0.25, 0.3) is 0 Å². The molecule has 0 fully saturated rings. The number of hydrogen-bond acceptors (Lipinski definition) is 4. The predicted octanol–water partition coefficient (Wildman–Crippen LogP) is -1.19. The van der Waals surface area contributed by atoms with E-state index in [-0.39, 0.29) is 24.6 Å². The summed E-state index contributed by atoms with van der Waals surface area (Å²) < 4.78 is 24.0. The van der Waals surface area contributed by atoms with Crippen LogP contribution in [-0.4, -0.2) is 44.9 Å². The largest absolute Gasteiger partial charge is 0.393 e. The average molecular weight is 238 g/mol. The Balaban J connectivity index is 3.65. The average Bonchev–Trinajstić information content (AvgIpc) is 2.14. The van der Waals surface area contributed by atoms with Gasteiger partial charge in [-0.25, -0.2) is 13.1 Å². The van der Waals surface area contributed by atoms with Gasteiger partial charge in [0.2, 0.25) is 15.9 Å². The van der Waals surface area contributed by atoms with Crippen molar-refractivity contribution < 1.29 is 18.3 Å². The van der Waals surface area contributed by atoms with Crippen molar-refractivity contribution in [1.29, 1.82) is 0 Å². The highest BCUT2D eigenvalue weighted by atomic mass is 32.2. The van der Waals surface area contributed by atoms with Crippen LogP contribution in [0.15, 0.2) is 0 Å². The lowest BCUT2D eigenvalue weighted by Crippen LogP contribution is -2.33. The summed E-state index contributed by atoms with van der Waals surface area (Å²) in [5.41, 5.74) is 0. The second kappa shape index (κ2) is 6.76. The fraction of sp³-hybridized carbons (Fsp3) is 0.875. The first-order chi connectivity index (χ1) is 6.87. The first kappa shape index (κ1) is 14.3. The molecule has 0 spiro atoms. The van der Waals surface area contributed by atoms with Crippen LogP contribution in [0.1, 0.15) is 19.8 Å². The Morgan fingerprint density at radius 3 is 2.53 bits per heavy atom. The van der Waals surface area contributed by atoms with Crippen molar-refractivity contribution >= 4 is 15.9 Å². The number of carbonyl (C=O) groups excluding carboxylic acids is 1. The van der Waals surface area contributed by atoms with Crippen molar-refractivity contribution in [3.05, 3.63) is 0 Å². The van der Waals surface area contributed by atoms with Crippen LogP contribution in [0.3, 0.4) is 0 Å². The molecule has 0 aliphatic rings. The van der Waals surface area contributed by atoms with E-state index in [1.807, 2.05) is 0 Å². The van der Waals surface area contributed by atoms with Gasteiger partial charge in [0.15, 0.2) is 0 Å². The second-order valence-electron chi connectivity index (χ2n) is 3.26. The minimum atomic E-state index is -3.26. The molecule has 0 radical (unpaired) electrons. The van der Waals surface area contributed by atoms with Crippen LogP contribution in [0, 0.1) is 0 Å². The molecule has 7 heteroatoms. The maximum atomic E-state index is 11.1. The molecule has 3 N–H and O–H groups in total. The molecule has 6 nitrogen and oxygen atoms in total. The molecule has 1 unspecified atom stereocenters. The third kappa shape index (κ3) is 8.34. The zero-order valence-corrected chi connectivity index (χ0v) is 9.80. The highest BCUT2D eigenvalue weighted by Crippen LogP contribution is 1.94. The molecule has 1 atom stereocenters. The van der Waals surface area contributed by atoms with Gasteiger partial charge in [-0.05, 0) is 20.4 Å². The van der Waals surface area contributed by atoms with Crippen LogP contribution in [0.5, 0.6) is 0 Å². The second-order valence-corrected chi connectivity index (χ2v) is 5.31. The predicted molar refractivity (Wildman–Crippen MR) is 56.8 cm³/mol. The van der Waals surface area contributed by atoms with Crippen molar-refractivity contribution in [2.24, 2.45) is 0 Å². The highest BCUT2D eigenvalue weighted by molar-refractivity contribution is 7.89. The first-order valence-corrected chi connectivity index (χ1v) is 6.38. The van der Waals surface area contributed by atoms with Gasteiger partial charge in [-0.1, -0.05) is 0 Å². The van der Waals surface area contributed by atoms with Crippen molar-refractivity contribution in [2.75, 3.05) is 19.3 Å². The quantitative estimate of drug-likeness (QED) is 0.520. The van der Waals surface area contributed by atoms with Crippen LogP contribution in [0.2, 0.25) is 0 Å². The summed E-state index contributed by atoms with van der Waals surface area (Å²) in [6, 6.07) is 0. The molecular weight excluding hydrogens is 220 g/mol. The van der Waals surface area contributed by atoms with Crippen molar-refractivity contribution in [1.82, 2.24) is 10.0 Å². The van der Waals surface area contributed by atoms with Crippen LogP contribution in [0.25, 0.3) is 0 Å². The summed E-state index contributed by atoms with van der Waals surface area (Å²) in [5.74, 6) is -0.383. The molecule has 0 saturated heterocycles. The zero-order chi connectivity index (χ0) is 11.9. The summed E-state index contributed by atoms with van der Waals surface area (Å²) >= 11 is 0. The van der Waals surface area contributed by atoms with E-state index < -0.39 is 16.1 Å². The number of sulfonamides is 1. The van der Waals surface area contributed by atoms with Crippen LogP contribution in [0.4, 0.5) is 0 Å². The topological polar surface area (TPSA) is 95.5 Å². The Labute approximate surface area is 90.1 Å². The van der Waals surface area contributed by atoms with E-state index in [1.165, 1.54) is 7.05 Å². The lowest BCUT2D eigenvalue weighted by Gasteiger charge is -2.06. The maximum absolute atomic E-state index is 11.1. The van der Waals surface area contributed by atoms with E-state index in [2.05, 4.69) is 10.0 Å². The van der Waals surface area contributed by atoms with Gasteiger partial charge >= 0.3 is 0 Å². The number of aliphatic hydroxyl groups is 1. The molecule has 0 aromatic rings. The Hall–Kier alpha value is -0.660. The standard InChI is InChI=1S/C8H18N2O4S/c1-7(11)3-4-8(12)10-5-6-15(13,14)9-2/h7,9,11H,3-6H2,1-2H3,(H,10,12). The van der Waals surface area contributed by atoms with E-state index in [4.69, 9.17) is 5.11 Å². The fourth-order valence-corrected chi connectivity index (χ4v) is 1.43. The number of rotatable bonds is 7. The Kier molecular flexibility index (Phi) is 6.46. The molecule has 1 amide bonds. The fourth-order valence-electron chi connectivity index (χ4n) is 0.855. The van der Waals surface area contributed by atoms with Gasteiger partial charge in [-0.2, -0.15) is 0 Å². The molecule has 0 aliphatic heterocycles. The van der Waals surface area contributed by atoms with Crippen LogP contribution < -0.4 is 10.0 Å². The Bertz CT molecular complexity index is 287. The molecule has 0 aromatic heterocycles. The van der Waals surface area contributed by atoms with Crippen molar-refractivity contribution in [3.63, 3.8) is 0 Å². The highest BCUT2D eigenvalue weighted by Gasteiger charge is 2.08. The SMILES string of the molecule is CNS(=O)(=O)CCNC(=O)CCC(C)O. The smallest absolute Gasteiger partial charge is 0.220 e. The molecule has 0 aromatic carbocycles. The molecule has 15 heavy (non-hydrogen) atoms. The molecule has 0 rings (SSSR count). The summed E-state index contributed by atoms with van der Waals surface area (Å²) in [4.78, 5) is 11.1. The number of carbonyl (C=O) groups is 1. The summed E-state index contributed by atoms with van der Waals surface area (Å²) in [6.07, 6.45) is 0.0683. The normalized spacial score (nSPS) is 13.5. The first-order valence-electron chi connectivity index (χ1n) is 4.73. The van der Waals surface area contributed by atoms with Gasteiger partial charge in [-0.3, -0.25) is 4.79 Å². The van der Waals surface area contributed by atoms with Gasteiger partial charge < -0.3 is 10.4 Å². The summed E-state index contributed by atoms with van der Waals surface area (Å²) in [6.45, 7) is 1.68. The molecule has 0 saturated carbocycles. The molecular formula is C8H18N2O4S. The van der Waals surface area contributed by atoms with E-state index in [0.717, 1.165) is 0 Å². The lowest BCUT2D eigenvalue weighted by atomic mass is 10.2. The summed E-state index contributed by atoms with van der Waals surface area (Å²) in [7, 11) is -1.94. The zero-order valence-electron chi connectivity index (χ0n) is 8.99. The van der Waals surface area contributed by atoms with Crippen molar-refractivity contribution in [3.8, 4) is 0 Å². The molecule has 0 heterocycles. The van der Waals surface area contributed by atoms with Crippen molar-refractivity contribution in [2.45, 2.75) is 25.9 Å². The monoisotopic (exact) mass is 238 g/mol. The van der Waals surface area contributed by atoms with Gasteiger partial charge in [0.1, 0.15) is 0 Å². The third-order valence-corrected chi connectivity index (χ3v) is 3.16. The number of amides is 1.